The summed E-state index contributed by atoms with van der Waals surface area (Å²) in [6, 6.07) is 20.1. The molecule has 3 aromatic carbocycles. The maximum atomic E-state index is 14.1. The summed E-state index contributed by atoms with van der Waals surface area (Å²) in [6.07, 6.45) is 1.53. The summed E-state index contributed by atoms with van der Waals surface area (Å²) >= 11 is 1.11. The fraction of sp³-hybridized carbons (Fsp3) is 0.121. The second-order valence-corrected chi connectivity index (χ2v) is 11.2. The monoisotopic (exact) mass is 639 g/mol. The lowest BCUT2D eigenvalue weighted by molar-refractivity contribution is -0.387. The Kier molecular flexibility index (Phi) is 7.29. The van der Waals surface area contributed by atoms with Crippen LogP contribution < -0.4 is 24.4 Å². The van der Waals surface area contributed by atoms with Gasteiger partial charge in [0.1, 0.15) is 11.5 Å². The van der Waals surface area contributed by atoms with Crippen molar-refractivity contribution >= 4 is 34.8 Å². The van der Waals surface area contributed by atoms with Gasteiger partial charge in [0.05, 0.1) is 33.4 Å². The number of esters is 1. The van der Waals surface area contributed by atoms with E-state index < -0.39 is 34.0 Å². The highest BCUT2D eigenvalue weighted by molar-refractivity contribution is 7.07. The highest BCUT2D eigenvalue weighted by Gasteiger charge is 2.36. The fourth-order valence-corrected chi connectivity index (χ4v) is 6.34. The molecule has 0 spiro atoms. The molecular weight excluding hydrogens is 617 g/mol. The van der Waals surface area contributed by atoms with E-state index in [1.54, 1.807) is 37.3 Å². The maximum Gasteiger partial charge on any atom is 0.338 e. The Morgan fingerprint density at radius 2 is 1.89 bits per heavy atom. The highest BCUT2D eigenvalue weighted by Crippen LogP contribution is 2.40. The van der Waals surface area contributed by atoms with E-state index in [1.807, 2.05) is 30.3 Å². The lowest BCUT2D eigenvalue weighted by atomic mass is 9.93. The number of nitro groups is 1. The minimum Gasteiger partial charge on any atom is -0.463 e. The van der Waals surface area contributed by atoms with Gasteiger partial charge in [-0.25, -0.2) is 9.79 Å². The van der Waals surface area contributed by atoms with Crippen LogP contribution in [0, 0.1) is 15.9 Å². The number of nitrogens with zero attached hydrogens (tertiary/aromatic N) is 3. The lowest BCUT2D eigenvalue weighted by Gasteiger charge is -2.26. The van der Waals surface area contributed by atoms with Gasteiger partial charge in [0.15, 0.2) is 16.3 Å². The van der Waals surface area contributed by atoms with E-state index in [2.05, 4.69) is 0 Å². The van der Waals surface area contributed by atoms with Crippen molar-refractivity contribution in [1.82, 2.24) is 4.57 Å². The van der Waals surface area contributed by atoms with Crippen LogP contribution in [0.5, 0.6) is 11.5 Å². The Morgan fingerprint density at radius 3 is 2.67 bits per heavy atom. The summed E-state index contributed by atoms with van der Waals surface area (Å²) in [5, 5.41) is 11.2. The molecule has 13 heteroatoms. The van der Waals surface area contributed by atoms with Crippen molar-refractivity contribution in [2.24, 2.45) is 4.99 Å². The van der Waals surface area contributed by atoms with Crippen molar-refractivity contribution in [3.8, 4) is 22.8 Å². The molecule has 0 saturated heterocycles. The van der Waals surface area contributed by atoms with Crippen LogP contribution in [0.3, 0.4) is 0 Å². The Balaban J connectivity index is 1.40. The molecule has 0 bridgehead atoms. The summed E-state index contributed by atoms with van der Waals surface area (Å²) in [6.45, 7) is 1.86. The van der Waals surface area contributed by atoms with Crippen molar-refractivity contribution in [3.05, 3.63) is 137 Å². The van der Waals surface area contributed by atoms with Crippen LogP contribution in [-0.4, -0.2) is 28.9 Å². The maximum absolute atomic E-state index is 14.1. The number of rotatable bonds is 7. The summed E-state index contributed by atoms with van der Waals surface area (Å²) in [5.74, 6) is -0.0376. The van der Waals surface area contributed by atoms with Crippen molar-refractivity contribution in [1.29, 1.82) is 0 Å². The lowest BCUT2D eigenvalue weighted by Crippen LogP contribution is -2.40. The van der Waals surface area contributed by atoms with Crippen LogP contribution in [0.1, 0.15) is 29.9 Å². The van der Waals surface area contributed by atoms with E-state index >= 15 is 0 Å². The molecule has 2 aliphatic rings. The number of benzene rings is 3. The second-order valence-electron chi connectivity index (χ2n) is 10.2. The molecule has 0 unspecified atom stereocenters. The number of hydrogen-bond donors (Lipinski definition) is 0. The number of carbonyl (C=O) groups is 1. The summed E-state index contributed by atoms with van der Waals surface area (Å²) in [5.41, 5.74) is 0.981. The average Bonchev–Trinajstić information content (AvgIpc) is 3.80. The summed E-state index contributed by atoms with van der Waals surface area (Å²) < 4.78 is 38.1. The van der Waals surface area contributed by atoms with Gasteiger partial charge in [0, 0.05) is 23.3 Å². The van der Waals surface area contributed by atoms with E-state index in [0.717, 1.165) is 23.5 Å². The number of furan rings is 1. The predicted molar refractivity (Wildman–Crippen MR) is 164 cm³/mol. The van der Waals surface area contributed by atoms with E-state index in [1.165, 1.54) is 16.7 Å². The van der Waals surface area contributed by atoms with Gasteiger partial charge < -0.3 is 18.6 Å². The zero-order valence-corrected chi connectivity index (χ0v) is 24.8. The van der Waals surface area contributed by atoms with Gasteiger partial charge in [0.2, 0.25) is 12.6 Å². The van der Waals surface area contributed by atoms with Crippen LogP contribution in [0.4, 0.5) is 10.1 Å². The molecular formula is C33H22FN3O8S. The van der Waals surface area contributed by atoms with Crippen LogP contribution in [0.15, 0.2) is 98.6 Å². The summed E-state index contributed by atoms with van der Waals surface area (Å²) in [7, 11) is 0. The molecule has 7 rings (SSSR count). The van der Waals surface area contributed by atoms with E-state index in [-0.39, 0.29) is 35.0 Å². The standard InChI is InChI=1S/C33H22FN3O8S/c1-2-42-32(39)28-29(18-6-4-3-5-7-18)35-33-36(30(28)20-9-12-25-26(15-20)44-17-43-25)31(38)27(46-33)16-21-10-13-24(45-21)19-8-11-22(34)23(14-19)37(40)41/h3-16,30H,2,17H2,1H3/b27-16-/t30-/m0/s1. The molecule has 4 heterocycles. The number of ether oxygens (including phenoxy) is 3. The average molecular weight is 640 g/mol. The number of carbonyl (C=O) groups excluding carboxylic acids is 1. The normalized spacial score (nSPS) is 15.4. The largest absolute Gasteiger partial charge is 0.463 e. The second kappa shape index (κ2) is 11.6. The van der Waals surface area contributed by atoms with Gasteiger partial charge in [-0.1, -0.05) is 47.7 Å². The molecule has 0 saturated carbocycles. The number of halogens is 1. The van der Waals surface area contributed by atoms with Gasteiger partial charge in [-0.3, -0.25) is 19.5 Å². The smallest absolute Gasteiger partial charge is 0.338 e. The molecule has 0 N–H and O–H groups in total. The number of nitro benzene ring substituents is 1. The molecule has 0 fully saturated rings. The van der Waals surface area contributed by atoms with E-state index in [4.69, 9.17) is 23.6 Å². The van der Waals surface area contributed by atoms with Crippen LogP contribution >= 0.6 is 11.3 Å². The Labute approximate surface area is 262 Å². The van der Waals surface area contributed by atoms with Crippen molar-refractivity contribution in [2.75, 3.05) is 13.4 Å². The van der Waals surface area contributed by atoms with Crippen LogP contribution in [-0.2, 0) is 9.53 Å². The topological polar surface area (TPSA) is 135 Å². The van der Waals surface area contributed by atoms with Gasteiger partial charge in [0.25, 0.3) is 5.56 Å². The third-order valence-electron chi connectivity index (χ3n) is 7.41. The molecule has 2 aliphatic heterocycles. The number of aromatic nitrogens is 1. The van der Waals surface area contributed by atoms with Gasteiger partial charge in [-0.05, 0) is 48.9 Å². The van der Waals surface area contributed by atoms with E-state index in [9.17, 15) is 24.1 Å². The zero-order valence-electron chi connectivity index (χ0n) is 24.0. The molecule has 46 heavy (non-hydrogen) atoms. The quantitative estimate of drug-likeness (QED) is 0.138. The first-order valence-corrected chi connectivity index (χ1v) is 14.9. The minimum atomic E-state index is -0.962. The molecule has 5 aromatic rings. The van der Waals surface area contributed by atoms with Crippen LogP contribution in [0.2, 0.25) is 0 Å². The van der Waals surface area contributed by atoms with Crippen LogP contribution in [0.25, 0.3) is 23.1 Å². The Bertz CT molecular complexity index is 2250. The fourth-order valence-electron chi connectivity index (χ4n) is 5.36. The third-order valence-corrected chi connectivity index (χ3v) is 8.40. The van der Waals surface area contributed by atoms with Crippen molar-refractivity contribution < 1.29 is 32.7 Å². The molecule has 0 radical (unpaired) electrons. The molecule has 11 nitrogen and oxygen atoms in total. The van der Waals surface area contributed by atoms with E-state index in [0.29, 0.717) is 38.7 Å². The molecule has 0 amide bonds. The Morgan fingerprint density at radius 1 is 1.09 bits per heavy atom. The molecule has 1 atom stereocenters. The third kappa shape index (κ3) is 5.06. The molecule has 230 valence electrons. The Hall–Kier alpha value is -5.82. The number of fused-ring (bicyclic) bond motifs is 2. The zero-order chi connectivity index (χ0) is 31.9. The first-order valence-electron chi connectivity index (χ1n) is 14.0. The summed E-state index contributed by atoms with van der Waals surface area (Å²) in [4.78, 5) is 43.3. The molecule has 2 aromatic heterocycles. The van der Waals surface area contributed by atoms with Gasteiger partial charge >= 0.3 is 11.7 Å². The predicted octanol–water partition coefficient (Wildman–Crippen LogP) is 4.97. The van der Waals surface area contributed by atoms with Gasteiger partial charge in [-0.2, -0.15) is 4.39 Å². The minimum absolute atomic E-state index is 0.0494. The first-order chi connectivity index (χ1) is 22.3. The van der Waals surface area contributed by atoms with Crippen molar-refractivity contribution in [2.45, 2.75) is 13.0 Å². The molecule has 0 aliphatic carbocycles. The number of thiazole rings is 1. The first kappa shape index (κ1) is 28.9. The number of hydrogen-bond acceptors (Lipinski definition) is 10. The van der Waals surface area contributed by atoms with Crippen molar-refractivity contribution in [3.63, 3.8) is 0 Å². The SMILES string of the molecule is CCOC(=O)C1=C(c2ccccc2)N=c2s/c(=C\c3ccc(-c4ccc(F)c([N+](=O)[O-])c4)o3)c(=O)n2[C@H]1c1ccc2c(c1)OCO2. The van der Waals surface area contributed by atoms with Gasteiger partial charge in [-0.15, -0.1) is 0 Å². The highest BCUT2D eigenvalue weighted by atomic mass is 32.1.